The molecular formula is C9H17NO4. The van der Waals surface area contributed by atoms with E-state index >= 15 is 0 Å². The number of carbonyl (C=O) groups is 1. The molecule has 1 aliphatic rings. The first-order chi connectivity index (χ1) is 6.56. The largest absolute Gasteiger partial charge is 0.469 e. The first-order valence-electron chi connectivity index (χ1n) is 4.66. The SMILES string of the molecule is COC(=O)C[C@@H](N)CC1(C)OCCO1. The molecule has 14 heavy (non-hydrogen) atoms. The van der Waals surface area contributed by atoms with Gasteiger partial charge in [-0.25, -0.2) is 0 Å². The van der Waals surface area contributed by atoms with E-state index < -0.39 is 5.79 Å². The third-order valence-electron chi connectivity index (χ3n) is 2.19. The van der Waals surface area contributed by atoms with Gasteiger partial charge in [-0.05, 0) is 6.92 Å². The summed E-state index contributed by atoms with van der Waals surface area (Å²) in [6, 6.07) is -0.287. The van der Waals surface area contributed by atoms with E-state index in [4.69, 9.17) is 15.2 Å². The maximum Gasteiger partial charge on any atom is 0.307 e. The fraction of sp³-hybridized carbons (Fsp3) is 0.889. The van der Waals surface area contributed by atoms with Crippen LogP contribution in [0.4, 0.5) is 0 Å². The zero-order valence-corrected chi connectivity index (χ0v) is 8.62. The summed E-state index contributed by atoms with van der Waals surface area (Å²) < 4.78 is 15.3. The molecule has 1 aliphatic heterocycles. The maximum atomic E-state index is 10.9. The van der Waals surface area contributed by atoms with E-state index in [1.54, 1.807) is 0 Å². The van der Waals surface area contributed by atoms with Crippen LogP contribution in [0.25, 0.3) is 0 Å². The topological polar surface area (TPSA) is 70.8 Å². The van der Waals surface area contributed by atoms with Gasteiger partial charge in [0.15, 0.2) is 5.79 Å². The molecule has 0 unspecified atom stereocenters. The summed E-state index contributed by atoms with van der Waals surface area (Å²) in [7, 11) is 1.35. The summed E-state index contributed by atoms with van der Waals surface area (Å²) in [5.74, 6) is -0.938. The van der Waals surface area contributed by atoms with E-state index in [1.165, 1.54) is 7.11 Å². The Balaban J connectivity index is 2.32. The van der Waals surface area contributed by atoms with Gasteiger partial charge in [-0.1, -0.05) is 0 Å². The van der Waals surface area contributed by atoms with Gasteiger partial charge >= 0.3 is 5.97 Å². The highest BCUT2D eigenvalue weighted by Gasteiger charge is 2.33. The van der Waals surface area contributed by atoms with Crippen molar-refractivity contribution in [2.24, 2.45) is 5.73 Å². The average Bonchev–Trinajstić information content (AvgIpc) is 2.51. The molecule has 0 bridgehead atoms. The smallest absolute Gasteiger partial charge is 0.307 e. The first-order valence-corrected chi connectivity index (χ1v) is 4.66. The van der Waals surface area contributed by atoms with E-state index in [-0.39, 0.29) is 18.4 Å². The second-order valence-corrected chi connectivity index (χ2v) is 3.58. The van der Waals surface area contributed by atoms with E-state index in [0.717, 1.165) is 0 Å². The lowest BCUT2D eigenvalue weighted by Gasteiger charge is -2.25. The molecule has 1 fully saturated rings. The van der Waals surface area contributed by atoms with Crippen LogP contribution in [-0.4, -0.2) is 38.1 Å². The Morgan fingerprint density at radius 1 is 1.57 bits per heavy atom. The van der Waals surface area contributed by atoms with Crippen molar-refractivity contribution in [3.63, 3.8) is 0 Å². The molecule has 0 aromatic carbocycles. The lowest BCUT2D eigenvalue weighted by atomic mass is 10.1. The quantitative estimate of drug-likeness (QED) is 0.653. The third-order valence-corrected chi connectivity index (χ3v) is 2.19. The Labute approximate surface area is 83.5 Å². The molecule has 1 rings (SSSR count). The Hall–Kier alpha value is -0.650. The average molecular weight is 203 g/mol. The van der Waals surface area contributed by atoms with Crippen molar-refractivity contribution < 1.29 is 19.0 Å². The molecule has 0 aromatic heterocycles. The van der Waals surface area contributed by atoms with Crippen LogP contribution in [0, 0.1) is 0 Å². The highest BCUT2D eigenvalue weighted by atomic mass is 16.7. The number of hydrogen-bond acceptors (Lipinski definition) is 5. The van der Waals surface area contributed by atoms with Gasteiger partial charge in [0.2, 0.25) is 0 Å². The van der Waals surface area contributed by atoms with Gasteiger partial charge in [0.25, 0.3) is 0 Å². The highest BCUT2D eigenvalue weighted by Crippen LogP contribution is 2.24. The lowest BCUT2D eigenvalue weighted by Crippen LogP contribution is -2.36. The molecule has 1 atom stereocenters. The molecule has 1 heterocycles. The molecule has 0 aromatic rings. The molecule has 5 heteroatoms. The highest BCUT2D eigenvalue weighted by molar-refractivity contribution is 5.69. The van der Waals surface area contributed by atoms with E-state index in [2.05, 4.69) is 4.74 Å². The van der Waals surface area contributed by atoms with E-state index in [0.29, 0.717) is 19.6 Å². The van der Waals surface area contributed by atoms with Crippen LogP contribution in [0.5, 0.6) is 0 Å². The number of carbonyl (C=O) groups excluding carboxylic acids is 1. The molecule has 0 amide bonds. The van der Waals surface area contributed by atoms with Gasteiger partial charge in [0, 0.05) is 12.5 Å². The van der Waals surface area contributed by atoms with Gasteiger partial charge in [-0.2, -0.15) is 0 Å². The molecule has 0 aliphatic carbocycles. The van der Waals surface area contributed by atoms with Crippen LogP contribution >= 0.6 is 0 Å². The first kappa shape index (κ1) is 11.4. The molecule has 2 N–H and O–H groups in total. The lowest BCUT2D eigenvalue weighted by molar-refractivity contribution is -0.153. The monoisotopic (exact) mass is 203 g/mol. The summed E-state index contributed by atoms with van der Waals surface area (Å²) in [6.07, 6.45) is 0.695. The number of esters is 1. The van der Waals surface area contributed by atoms with Crippen LogP contribution in [0.1, 0.15) is 19.8 Å². The van der Waals surface area contributed by atoms with Crippen molar-refractivity contribution in [3.05, 3.63) is 0 Å². The van der Waals surface area contributed by atoms with Gasteiger partial charge in [0.05, 0.1) is 26.7 Å². The predicted molar refractivity (Wildman–Crippen MR) is 49.5 cm³/mol. The van der Waals surface area contributed by atoms with Gasteiger partial charge < -0.3 is 19.9 Å². The van der Waals surface area contributed by atoms with Crippen LogP contribution in [0.2, 0.25) is 0 Å². The van der Waals surface area contributed by atoms with Crippen LogP contribution in [0.3, 0.4) is 0 Å². The van der Waals surface area contributed by atoms with E-state index in [9.17, 15) is 4.79 Å². The number of hydrogen-bond donors (Lipinski definition) is 1. The Morgan fingerprint density at radius 3 is 2.64 bits per heavy atom. The number of nitrogens with two attached hydrogens (primary N) is 1. The Bertz CT molecular complexity index is 201. The summed E-state index contributed by atoms with van der Waals surface area (Å²) in [5.41, 5.74) is 5.75. The Kier molecular flexibility index (Phi) is 3.86. The van der Waals surface area contributed by atoms with Gasteiger partial charge in [0.1, 0.15) is 0 Å². The molecular weight excluding hydrogens is 186 g/mol. The fourth-order valence-corrected chi connectivity index (χ4v) is 1.52. The van der Waals surface area contributed by atoms with Crippen LogP contribution < -0.4 is 5.73 Å². The maximum absolute atomic E-state index is 10.9. The van der Waals surface area contributed by atoms with Crippen LogP contribution in [0.15, 0.2) is 0 Å². The van der Waals surface area contributed by atoms with E-state index in [1.807, 2.05) is 6.92 Å². The standard InChI is InChI=1S/C9H17NO4/c1-9(13-3-4-14-9)6-7(10)5-8(11)12-2/h7H,3-6,10H2,1-2H3/t7-/m1/s1. The van der Waals surface area contributed by atoms with Crippen molar-refractivity contribution in [2.45, 2.75) is 31.6 Å². The van der Waals surface area contributed by atoms with Crippen molar-refractivity contribution in [1.29, 1.82) is 0 Å². The molecule has 0 spiro atoms. The van der Waals surface area contributed by atoms with Crippen molar-refractivity contribution >= 4 is 5.97 Å². The Morgan fingerprint density at radius 2 is 2.14 bits per heavy atom. The molecule has 5 nitrogen and oxygen atoms in total. The molecule has 0 radical (unpaired) electrons. The minimum absolute atomic E-state index is 0.193. The summed E-state index contributed by atoms with van der Waals surface area (Å²) in [5, 5.41) is 0. The van der Waals surface area contributed by atoms with Crippen LogP contribution in [-0.2, 0) is 19.0 Å². The minimum atomic E-state index is -0.632. The number of ether oxygens (including phenoxy) is 3. The zero-order chi connectivity index (χ0) is 10.6. The van der Waals surface area contributed by atoms with Crippen molar-refractivity contribution in [3.8, 4) is 0 Å². The second-order valence-electron chi connectivity index (χ2n) is 3.58. The second kappa shape index (κ2) is 4.72. The number of methoxy groups -OCH3 is 1. The van der Waals surface area contributed by atoms with Crippen molar-refractivity contribution in [2.75, 3.05) is 20.3 Å². The summed E-state index contributed by atoms with van der Waals surface area (Å²) in [6.45, 7) is 3.00. The molecule has 1 saturated heterocycles. The zero-order valence-electron chi connectivity index (χ0n) is 8.62. The fourth-order valence-electron chi connectivity index (χ4n) is 1.52. The van der Waals surface area contributed by atoms with Crippen molar-refractivity contribution in [1.82, 2.24) is 0 Å². The normalized spacial score (nSPS) is 21.9. The summed E-state index contributed by atoms with van der Waals surface area (Å²) in [4.78, 5) is 10.9. The number of rotatable bonds is 4. The van der Waals surface area contributed by atoms with Gasteiger partial charge in [-0.3, -0.25) is 4.79 Å². The van der Waals surface area contributed by atoms with Gasteiger partial charge in [-0.15, -0.1) is 0 Å². The minimum Gasteiger partial charge on any atom is -0.469 e. The third kappa shape index (κ3) is 3.25. The predicted octanol–water partition coefficient (Wildman–Crippen LogP) is 0.0299. The molecule has 82 valence electrons. The molecule has 0 saturated carbocycles. The summed E-state index contributed by atoms with van der Waals surface area (Å²) >= 11 is 0.